The lowest BCUT2D eigenvalue weighted by Gasteiger charge is -2.25. The summed E-state index contributed by atoms with van der Waals surface area (Å²) in [5, 5.41) is 9.36. The number of hydrogen-bond acceptors (Lipinski definition) is 5. The summed E-state index contributed by atoms with van der Waals surface area (Å²) in [5.41, 5.74) is 1.47. The average Bonchev–Trinajstić information content (AvgIpc) is 3.17. The number of ether oxygens (including phenoxy) is 1. The minimum Gasteiger partial charge on any atom is -0.379 e. The molecule has 3 heterocycles. The predicted octanol–water partition coefficient (Wildman–Crippen LogP) is 2.06. The van der Waals surface area contributed by atoms with Crippen molar-refractivity contribution in [1.29, 1.82) is 0 Å². The van der Waals surface area contributed by atoms with E-state index < -0.39 is 0 Å². The van der Waals surface area contributed by atoms with Crippen LogP contribution < -0.4 is 5.56 Å². The van der Waals surface area contributed by atoms with E-state index in [-0.39, 0.29) is 11.4 Å². The van der Waals surface area contributed by atoms with Crippen molar-refractivity contribution in [3.8, 4) is 0 Å². The van der Waals surface area contributed by atoms with E-state index in [0.717, 1.165) is 30.0 Å². The van der Waals surface area contributed by atoms with E-state index in [1.165, 1.54) is 12.1 Å². The number of fused-ring (bicyclic) bond motifs is 3. The lowest BCUT2D eigenvalue weighted by Crippen LogP contribution is -2.36. The second-order valence-electron chi connectivity index (χ2n) is 7.18. The molecule has 0 amide bonds. The minimum atomic E-state index is -0.306. The lowest BCUT2D eigenvalue weighted by atomic mass is 10.2. The number of rotatable bonds is 4. The fraction of sp³-hybridized carbons (Fsp3) is 0.286. The quantitative estimate of drug-likeness (QED) is 0.531. The zero-order valence-electron chi connectivity index (χ0n) is 15.8. The van der Waals surface area contributed by atoms with Crippen LogP contribution in [0.5, 0.6) is 0 Å². The topological polar surface area (TPSA) is 64.7 Å². The monoisotopic (exact) mass is 393 g/mol. The van der Waals surface area contributed by atoms with Gasteiger partial charge in [-0.15, -0.1) is 10.2 Å². The summed E-state index contributed by atoms with van der Waals surface area (Å²) in [7, 11) is 0. The molecule has 0 atom stereocenters. The summed E-state index contributed by atoms with van der Waals surface area (Å²) in [6.45, 7) is 4.00. The van der Waals surface area contributed by atoms with Gasteiger partial charge in [-0.05, 0) is 29.8 Å². The Hall–Kier alpha value is -3.10. The lowest BCUT2D eigenvalue weighted by molar-refractivity contribution is 0.0329. The van der Waals surface area contributed by atoms with E-state index in [9.17, 15) is 9.18 Å². The van der Waals surface area contributed by atoms with Crippen molar-refractivity contribution in [1.82, 2.24) is 24.1 Å². The highest BCUT2D eigenvalue weighted by molar-refractivity contribution is 5.80. The van der Waals surface area contributed by atoms with Gasteiger partial charge in [-0.25, -0.2) is 4.39 Å². The number of benzene rings is 2. The highest BCUT2D eigenvalue weighted by Crippen LogP contribution is 2.17. The Balaban J connectivity index is 1.66. The Morgan fingerprint density at radius 1 is 0.966 bits per heavy atom. The number of aromatic nitrogens is 4. The number of para-hydroxylation sites is 1. The molecule has 1 aliphatic heterocycles. The number of nitrogens with zero attached hydrogens (tertiary/aromatic N) is 5. The van der Waals surface area contributed by atoms with Crippen LogP contribution in [0.1, 0.15) is 11.4 Å². The van der Waals surface area contributed by atoms with Crippen LogP contribution >= 0.6 is 0 Å². The van der Waals surface area contributed by atoms with E-state index in [0.29, 0.717) is 37.5 Å². The van der Waals surface area contributed by atoms with Crippen molar-refractivity contribution < 1.29 is 9.13 Å². The summed E-state index contributed by atoms with van der Waals surface area (Å²) in [6, 6.07) is 13.6. The Kier molecular flexibility index (Phi) is 4.57. The Morgan fingerprint density at radius 3 is 2.52 bits per heavy atom. The molecular weight excluding hydrogens is 373 g/mol. The summed E-state index contributed by atoms with van der Waals surface area (Å²) < 4.78 is 22.3. The van der Waals surface area contributed by atoms with Crippen LogP contribution in [0.15, 0.2) is 53.3 Å². The zero-order valence-corrected chi connectivity index (χ0v) is 15.8. The molecule has 1 saturated heterocycles. The van der Waals surface area contributed by atoms with Gasteiger partial charge in [0.05, 0.1) is 37.2 Å². The molecule has 1 aliphatic rings. The third-order valence-electron chi connectivity index (χ3n) is 5.30. The molecule has 0 unspecified atom stereocenters. The average molecular weight is 393 g/mol. The predicted molar refractivity (Wildman–Crippen MR) is 106 cm³/mol. The molecule has 148 valence electrons. The van der Waals surface area contributed by atoms with Crippen LogP contribution in [0.3, 0.4) is 0 Å². The highest BCUT2D eigenvalue weighted by Gasteiger charge is 2.19. The third kappa shape index (κ3) is 3.30. The Labute approximate surface area is 166 Å². The van der Waals surface area contributed by atoms with Gasteiger partial charge in [-0.2, -0.15) is 0 Å². The molecule has 2 aromatic heterocycles. The maximum Gasteiger partial charge on any atom is 0.263 e. The van der Waals surface area contributed by atoms with Crippen molar-refractivity contribution in [2.24, 2.45) is 0 Å². The molecule has 29 heavy (non-hydrogen) atoms. The Bertz CT molecular complexity index is 1230. The van der Waals surface area contributed by atoms with Gasteiger partial charge in [-0.1, -0.05) is 24.3 Å². The zero-order chi connectivity index (χ0) is 19.8. The van der Waals surface area contributed by atoms with Crippen LogP contribution in [0, 0.1) is 5.82 Å². The van der Waals surface area contributed by atoms with E-state index in [4.69, 9.17) is 4.74 Å². The molecular formula is C21H20FN5O2. The smallest absolute Gasteiger partial charge is 0.263 e. The maximum atomic E-state index is 13.3. The summed E-state index contributed by atoms with van der Waals surface area (Å²) in [5.74, 6) is 0.965. The van der Waals surface area contributed by atoms with Crippen molar-refractivity contribution in [3.05, 3.63) is 76.1 Å². The van der Waals surface area contributed by atoms with Crippen molar-refractivity contribution >= 4 is 16.7 Å². The molecule has 0 N–H and O–H groups in total. The summed E-state index contributed by atoms with van der Waals surface area (Å²) >= 11 is 0. The van der Waals surface area contributed by atoms with Crippen LogP contribution in [0.4, 0.5) is 4.39 Å². The van der Waals surface area contributed by atoms with Crippen LogP contribution in [0.25, 0.3) is 16.7 Å². The SMILES string of the molecule is O=c1c2ccccc2n2c(CN3CCOCC3)nnc2n1Cc1ccc(F)cc1. The van der Waals surface area contributed by atoms with E-state index >= 15 is 0 Å². The van der Waals surface area contributed by atoms with Crippen LogP contribution in [0.2, 0.25) is 0 Å². The third-order valence-corrected chi connectivity index (χ3v) is 5.30. The molecule has 1 fully saturated rings. The molecule has 0 aliphatic carbocycles. The van der Waals surface area contributed by atoms with Gasteiger partial charge in [0, 0.05) is 13.1 Å². The standard InChI is InChI=1S/C21H20FN5O2/c22-16-7-5-15(6-8-16)13-26-20(28)17-3-1-2-4-18(17)27-19(23-24-21(26)27)14-25-9-11-29-12-10-25/h1-8H,9-14H2. The fourth-order valence-electron chi connectivity index (χ4n) is 3.79. The molecule has 0 saturated carbocycles. The van der Waals surface area contributed by atoms with Crippen molar-refractivity contribution in [2.75, 3.05) is 26.3 Å². The number of morpholine rings is 1. The Morgan fingerprint density at radius 2 is 1.72 bits per heavy atom. The van der Waals surface area contributed by atoms with Crippen molar-refractivity contribution in [3.63, 3.8) is 0 Å². The van der Waals surface area contributed by atoms with E-state index in [1.54, 1.807) is 16.7 Å². The first-order chi connectivity index (χ1) is 14.2. The largest absolute Gasteiger partial charge is 0.379 e. The fourth-order valence-corrected chi connectivity index (χ4v) is 3.79. The molecule has 8 heteroatoms. The first kappa shape index (κ1) is 18.0. The molecule has 4 aromatic rings. The number of halogens is 1. The van der Waals surface area contributed by atoms with Gasteiger partial charge < -0.3 is 4.74 Å². The van der Waals surface area contributed by atoms with Crippen LogP contribution in [-0.2, 0) is 17.8 Å². The molecule has 0 radical (unpaired) electrons. The minimum absolute atomic E-state index is 0.136. The highest BCUT2D eigenvalue weighted by atomic mass is 19.1. The molecule has 5 rings (SSSR count). The second-order valence-corrected chi connectivity index (χ2v) is 7.18. The van der Waals surface area contributed by atoms with E-state index in [1.807, 2.05) is 28.7 Å². The second kappa shape index (κ2) is 7.38. The van der Waals surface area contributed by atoms with Crippen LogP contribution in [-0.4, -0.2) is 50.4 Å². The van der Waals surface area contributed by atoms with Gasteiger partial charge in [-0.3, -0.25) is 18.7 Å². The van der Waals surface area contributed by atoms with Crippen molar-refractivity contribution in [2.45, 2.75) is 13.1 Å². The summed E-state index contributed by atoms with van der Waals surface area (Å²) in [4.78, 5) is 15.5. The van der Waals surface area contributed by atoms with E-state index in [2.05, 4.69) is 15.1 Å². The number of hydrogen-bond donors (Lipinski definition) is 0. The van der Waals surface area contributed by atoms with Gasteiger partial charge >= 0.3 is 0 Å². The van der Waals surface area contributed by atoms with Gasteiger partial charge in [0.1, 0.15) is 5.82 Å². The molecule has 0 spiro atoms. The van der Waals surface area contributed by atoms with Gasteiger partial charge in [0.25, 0.3) is 5.56 Å². The molecule has 7 nitrogen and oxygen atoms in total. The molecule has 2 aromatic carbocycles. The maximum absolute atomic E-state index is 13.3. The van der Waals surface area contributed by atoms with Gasteiger partial charge in [0.15, 0.2) is 5.82 Å². The first-order valence-corrected chi connectivity index (χ1v) is 9.61. The van der Waals surface area contributed by atoms with Gasteiger partial charge in [0.2, 0.25) is 5.78 Å². The first-order valence-electron chi connectivity index (χ1n) is 9.61. The molecule has 0 bridgehead atoms. The normalized spacial score (nSPS) is 15.3. The summed E-state index contributed by atoms with van der Waals surface area (Å²) in [6.07, 6.45) is 0.